The summed E-state index contributed by atoms with van der Waals surface area (Å²) in [6.45, 7) is 0. The summed E-state index contributed by atoms with van der Waals surface area (Å²) >= 11 is 0. The van der Waals surface area contributed by atoms with E-state index in [2.05, 4.69) is 34.2 Å². The minimum atomic E-state index is -0.250. The van der Waals surface area contributed by atoms with Crippen molar-refractivity contribution in [2.75, 3.05) is 7.11 Å². The number of ether oxygens (including phenoxy) is 1. The number of imidazole rings is 1. The molecule has 0 bridgehead atoms. The van der Waals surface area contributed by atoms with Gasteiger partial charge in [-0.2, -0.15) is 0 Å². The van der Waals surface area contributed by atoms with Crippen LogP contribution in [0.4, 0.5) is 0 Å². The Labute approximate surface area is 94.5 Å². The molecule has 0 fully saturated rings. The van der Waals surface area contributed by atoms with Crippen LogP contribution in [0.1, 0.15) is 16.8 Å². The quantitative estimate of drug-likeness (QED) is 0.830. The zero-order valence-electron chi connectivity index (χ0n) is 9.23. The summed E-state index contributed by atoms with van der Waals surface area (Å²) in [4.78, 5) is 7.26. The summed E-state index contributed by atoms with van der Waals surface area (Å²) < 4.78 is 5.75. The summed E-state index contributed by atoms with van der Waals surface area (Å²) in [5.74, 6) is 0. The standard InChI is InChI=1S/C13H14N2O/c1-16-13(12-8-14-9-15-12)6-10-4-2-3-5-11(10)7-13/h2-5,8-9H,6-7H2,1H3,(H,14,15). The van der Waals surface area contributed by atoms with E-state index >= 15 is 0 Å². The van der Waals surface area contributed by atoms with Gasteiger partial charge in [-0.3, -0.25) is 0 Å². The van der Waals surface area contributed by atoms with E-state index in [1.807, 2.05) is 6.20 Å². The maximum Gasteiger partial charge on any atom is 0.117 e. The largest absolute Gasteiger partial charge is 0.371 e. The monoisotopic (exact) mass is 214 g/mol. The zero-order valence-corrected chi connectivity index (χ0v) is 9.23. The lowest BCUT2D eigenvalue weighted by Gasteiger charge is -2.25. The lowest BCUT2D eigenvalue weighted by molar-refractivity contribution is -0.00901. The van der Waals surface area contributed by atoms with E-state index in [9.17, 15) is 0 Å². The van der Waals surface area contributed by atoms with E-state index in [4.69, 9.17) is 4.74 Å². The summed E-state index contributed by atoms with van der Waals surface area (Å²) in [5.41, 5.74) is 3.56. The molecule has 0 spiro atoms. The molecule has 82 valence electrons. The normalized spacial score (nSPS) is 17.3. The molecular weight excluding hydrogens is 200 g/mol. The van der Waals surface area contributed by atoms with Crippen molar-refractivity contribution >= 4 is 0 Å². The number of aromatic amines is 1. The van der Waals surface area contributed by atoms with Crippen LogP contribution < -0.4 is 0 Å². The van der Waals surface area contributed by atoms with Crippen LogP contribution in [0.15, 0.2) is 36.8 Å². The maximum absolute atomic E-state index is 5.75. The van der Waals surface area contributed by atoms with E-state index in [0.29, 0.717) is 0 Å². The fraction of sp³-hybridized carbons (Fsp3) is 0.308. The van der Waals surface area contributed by atoms with Crippen molar-refractivity contribution in [1.82, 2.24) is 9.97 Å². The van der Waals surface area contributed by atoms with Gasteiger partial charge in [-0.1, -0.05) is 24.3 Å². The van der Waals surface area contributed by atoms with Gasteiger partial charge in [-0.05, 0) is 11.1 Å². The lowest BCUT2D eigenvalue weighted by atomic mass is 9.96. The Balaban J connectivity index is 2.03. The average molecular weight is 214 g/mol. The highest BCUT2D eigenvalue weighted by Gasteiger charge is 2.39. The Morgan fingerprint density at radius 3 is 2.44 bits per heavy atom. The van der Waals surface area contributed by atoms with Crippen molar-refractivity contribution in [3.8, 4) is 0 Å². The summed E-state index contributed by atoms with van der Waals surface area (Å²) in [7, 11) is 1.77. The number of hydrogen-bond acceptors (Lipinski definition) is 2. The first-order chi connectivity index (χ1) is 7.84. The molecule has 1 aromatic heterocycles. The SMILES string of the molecule is COC1(c2cnc[nH]2)Cc2ccccc2C1. The molecule has 0 aliphatic heterocycles. The van der Waals surface area contributed by atoms with Crippen LogP contribution in [-0.2, 0) is 23.2 Å². The first kappa shape index (κ1) is 9.60. The van der Waals surface area contributed by atoms with E-state index in [1.165, 1.54) is 11.1 Å². The second-order valence-corrected chi connectivity index (χ2v) is 4.29. The van der Waals surface area contributed by atoms with Gasteiger partial charge in [0.2, 0.25) is 0 Å². The maximum atomic E-state index is 5.75. The molecular formula is C13H14N2O. The zero-order chi connectivity index (χ0) is 11.0. The van der Waals surface area contributed by atoms with Crippen molar-refractivity contribution in [3.05, 3.63) is 53.6 Å². The number of H-pyrrole nitrogens is 1. The fourth-order valence-electron chi connectivity index (χ4n) is 2.53. The Morgan fingerprint density at radius 2 is 1.94 bits per heavy atom. The molecule has 0 radical (unpaired) electrons. The van der Waals surface area contributed by atoms with Crippen LogP contribution in [0.5, 0.6) is 0 Å². The molecule has 3 nitrogen and oxygen atoms in total. The van der Waals surface area contributed by atoms with Crippen LogP contribution in [0.3, 0.4) is 0 Å². The molecule has 0 saturated heterocycles. The van der Waals surface area contributed by atoms with Gasteiger partial charge in [0.25, 0.3) is 0 Å². The fourth-order valence-corrected chi connectivity index (χ4v) is 2.53. The minimum absolute atomic E-state index is 0.250. The molecule has 3 rings (SSSR count). The van der Waals surface area contributed by atoms with Crippen LogP contribution >= 0.6 is 0 Å². The molecule has 3 heteroatoms. The average Bonchev–Trinajstić information content (AvgIpc) is 2.96. The summed E-state index contributed by atoms with van der Waals surface area (Å²) in [6, 6.07) is 8.51. The van der Waals surface area contributed by atoms with Gasteiger partial charge >= 0.3 is 0 Å². The van der Waals surface area contributed by atoms with Crippen molar-refractivity contribution in [1.29, 1.82) is 0 Å². The first-order valence-corrected chi connectivity index (χ1v) is 5.45. The van der Waals surface area contributed by atoms with Gasteiger partial charge in [0.05, 0.1) is 18.2 Å². The van der Waals surface area contributed by atoms with Crippen LogP contribution in [0.25, 0.3) is 0 Å². The number of nitrogens with zero attached hydrogens (tertiary/aromatic N) is 1. The third kappa shape index (κ3) is 1.28. The van der Waals surface area contributed by atoms with Gasteiger partial charge < -0.3 is 9.72 Å². The number of fused-ring (bicyclic) bond motifs is 1. The van der Waals surface area contributed by atoms with Crippen LogP contribution in [0.2, 0.25) is 0 Å². The third-order valence-electron chi connectivity index (χ3n) is 3.45. The van der Waals surface area contributed by atoms with E-state index in [0.717, 1.165) is 18.5 Å². The molecule has 1 N–H and O–H groups in total. The number of nitrogens with one attached hydrogen (secondary N) is 1. The highest BCUT2D eigenvalue weighted by atomic mass is 16.5. The highest BCUT2D eigenvalue weighted by molar-refractivity contribution is 5.37. The molecule has 0 saturated carbocycles. The molecule has 1 aromatic carbocycles. The van der Waals surface area contributed by atoms with E-state index in [1.54, 1.807) is 13.4 Å². The molecule has 1 heterocycles. The summed E-state index contributed by atoms with van der Waals surface area (Å²) in [6.07, 6.45) is 5.40. The Kier molecular flexibility index (Phi) is 2.07. The molecule has 0 atom stereocenters. The molecule has 1 aliphatic carbocycles. The van der Waals surface area contributed by atoms with E-state index < -0.39 is 0 Å². The Hall–Kier alpha value is -1.61. The highest BCUT2D eigenvalue weighted by Crippen LogP contribution is 2.39. The smallest absolute Gasteiger partial charge is 0.117 e. The van der Waals surface area contributed by atoms with Crippen LogP contribution in [-0.4, -0.2) is 17.1 Å². The van der Waals surface area contributed by atoms with Gasteiger partial charge in [0, 0.05) is 20.0 Å². The van der Waals surface area contributed by atoms with E-state index in [-0.39, 0.29) is 5.60 Å². The number of rotatable bonds is 2. The van der Waals surface area contributed by atoms with Crippen molar-refractivity contribution in [2.45, 2.75) is 18.4 Å². The van der Waals surface area contributed by atoms with Crippen molar-refractivity contribution in [3.63, 3.8) is 0 Å². The molecule has 0 amide bonds. The second-order valence-electron chi connectivity index (χ2n) is 4.29. The lowest BCUT2D eigenvalue weighted by Crippen LogP contribution is -2.29. The van der Waals surface area contributed by atoms with Gasteiger partial charge in [0.15, 0.2) is 0 Å². The third-order valence-corrected chi connectivity index (χ3v) is 3.45. The van der Waals surface area contributed by atoms with Crippen molar-refractivity contribution < 1.29 is 4.74 Å². The number of methoxy groups -OCH3 is 1. The Morgan fingerprint density at radius 1 is 1.25 bits per heavy atom. The van der Waals surface area contributed by atoms with Gasteiger partial charge in [-0.15, -0.1) is 0 Å². The van der Waals surface area contributed by atoms with Crippen molar-refractivity contribution in [2.24, 2.45) is 0 Å². The molecule has 0 unspecified atom stereocenters. The minimum Gasteiger partial charge on any atom is -0.371 e. The van der Waals surface area contributed by atoms with Gasteiger partial charge in [0.1, 0.15) is 5.60 Å². The van der Waals surface area contributed by atoms with Crippen LogP contribution in [0, 0.1) is 0 Å². The second kappa shape index (κ2) is 3.46. The molecule has 16 heavy (non-hydrogen) atoms. The topological polar surface area (TPSA) is 37.9 Å². The Bertz CT molecular complexity index is 465. The molecule has 2 aromatic rings. The number of hydrogen-bond donors (Lipinski definition) is 1. The predicted molar refractivity (Wildman–Crippen MR) is 61.1 cm³/mol. The molecule has 1 aliphatic rings. The van der Waals surface area contributed by atoms with Gasteiger partial charge in [-0.25, -0.2) is 4.98 Å². The summed E-state index contributed by atoms with van der Waals surface area (Å²) in [5, 5.41) is 0. The number of aromatic nitrogens is 2. The predicted octanol–water partition coefficient (Wildman–Crippen LogP) is 2.05. The first-order valence-electron chi connectivity index (χ1n) is 5.45. The number of benzene rings is 1.